The smallest absolute Gasteiger partial charge is 0.496 e. The summed E-state index contributed by atoms with van der Waals surface area (Å²) in [5, 5.41) is 3.11. The van der Waals surface area contributed by atoms with E-state index >= 15 is 0 Å². The Labute approximate surface area is 104 Å². The molecule has 0 aromatic heterocycles. The number of benzene rings is 1. The third-order valence-electron chi connectivity index (χ3n) is 2.19. The molecule has 0 aliphatic carbocycles. The number of rotatable bonds is 5. The van der Waals surface area contributed by atoms with Gasteiger partial charge in [-0.25, -0.2) is 0 Å². The van der Waals surface area contributed by atoms with Gasteiger partial charge >= 0.3 is 6.36 Å². The van der Waals surface area contributed by atoms with Crippen LogP contribution >= 0.6 is 0 Å². The molecule has 102 valence electrons. The normalized spacial score (nSPS) is 11.7. The van der Waals surface area contributed by atoms with Crippen LogP contribution in [0.25, 0.3) is 0 Å². The molecule has 0 heterocycles. The molecule has 3 nitrogen and oxygen atoms in total. The van der Waals surface area contributed by atoms with E-state index in [1.165, 1.54) is 25.3 Å². The molecule has 0 aliphatic heterocycles. The van der Waals surface area contributed by atoms with Crippen molar-refractivity contribution in [3.05, 3.63) is 23.8 Å². The zero-order valence-corrected chi connectivity index (χ0v) is 10.5. The summed E-state index contributed by atoms with van der Waals surface area (Å²) in [6, 6.07) is 4.23. The lowest BCUT2D eigenvalue weighted by atomic mass is 10.2. The number of nitrogens with one attached hydrogen (secondary N) is 1. The van der Waals surface area contributed by atoms with Gasteiger partial charge in [-0.2, -0.15) is 0 Å². The number of halogens is 3. The van der Waals surface area contributed by atoms with Crippen LogP contribution in [0.5, 0.6) is 11.5 Å². The predicted octanol–water partition coefficient (Wildman–Crippen LogP) is 3.09. The van der Waals surface area contributed by atoms with E-state index in [0.29, 0.717) is 17.9 Å². The molecule has 1 aromatic rings. The zero-order chi connectivity index (χ0) is 13.8. The maximum absolute atomic E-state index is 12.1. The lowest BCUT2D eigenvalue weighted by molar-refractivity contribution is -0.274. The zero-order valence-electron chi connectivity index (χ0n) is 10.5. The summed E-state index contributed by atoms with van der Waals surface area (Å²) >= 11 is 0. The predicted molar refractivity (Wildman–Crippen MR) is 61.7 cm³/mol. The molecular weight excluding hydrogens is 247 g/mol. The molecule has 0 fully saturated rings. The summed E-state index contributed by atoms with van der Waals surface area (Å²) in [4.78, 5) is 0. The maximum atomic E-state index is 12.1. The summed E-state index contributed by atoms with van der Waals surface area (Å²) in [6.45, 7) is 4.31. The average molecular weight is 263 g/mol. The van der Waals surface area contributed by atoms with Gasteiger partial charge in [0.2, 0.25) is 0 Å². The minimum atomic E-state index is -4.68. The van der Waals surface area contributed by atoms with Crippen LogP contribution in [0.3, 0.4) is 0 Å². The molecule has 0 atom stereocenters. The molecule has 0 unspecified atom stereocenters. The van der Waals surface area contributed by atoms with Gasteiger partial charge in [-0.3, -0.25) is 0 Å². The largest absolute Gasteiger partial charge is 0.573 e. The Morgan fingerprint density at radius 1 is 1.28 bits per heavy atom. The Balaban J connectivity index is 2.87. The monoisotopic (exact) mass is 263 g/mol. The van der Waals surface area contributed by atoms with Gasteiger partial charge in [-0.05, 0) is 18.2 Å². The molecule has 1 rings (SSSR count). The van der Waals surface area contributed by atoms with Crippen LogP contribution in [0, 0.1) is 0 Å². The summed E-state index contributed by atoms with van der Waals surface area (Å²) in [5.41, 5.74) is 0.618. The first-order chi connectivity index (χ1) is 8.31. The van der Waals surface area contributed by atoms with Crippen molar-refractivity contribution in [3.8, 4) is 11.5 Å². The van der Waals surface area contributed by atoms with Gasteiger partial charge in [-0.1, -0.05) is 13.8 Å². The number of hydrogen-bond acceptors (Lipinski definition) is 3. The van der Waals surface area contributed by atoms with Gasteiger partial charge in [0.25, 0.3) is 0 Å². The van der Waals surface area contributed by atoms with Gasteiger partial charge in [0.1, 0.15) is 11.5 Å². The molecule has 0 aliphatic rings. The molecule has 0 saturated heterocycles. The highest BCUT2D eigenvalue weighted by molar-refractivity contribution is 5.40. The Hall–Kier alpha value is -1.43. The van der Waals surface area contributed by atoms with E-state index in [2.05, 4.69) is 10.1 Å². The molecule has 6 heteroatoms. The van der Waals surface area contributed by atoms with Gasteiger partial charge in [-0.15, -0.1) is 13.2 Å². The highest BCUT2D eigenvalue weighted by Crippen LogP contribution is 2.28. The third kappa shape index (κ3) is 4.83. The van der Waals surface area contributed by atoms with Crippen LogP contribution in [0.4, 0.5) is 13.2 Å². The molecule has 1 aromatic carbocycles. The van der Waals surface area contributed by atoms with Crippen molar-refractivity contribution >= 4 is 0 Å². The van der Waals surface area contributed by atoms with Crippen molar-refractivity contribution in [1.82, 2.24) is 5.32 Å². The second kappa shape index (κ2) is 5.95. The van der Waals surface area contributed by atoms with Crippen molar-refractivity contribution in [2.24, 2.45) is 0 Å². The maximum Gasteiger partial charge on any atom is 0.573 e. The summed E-state index contributed by atoms with van der Waals surface area (Å²) < 4.78 is 45.3. The second-order valence-electron chi connectivity index (χ2n) is 4.06. The van der Waals surface area contributed by atoms with Crippen molar-refractivity contribution in [2.45, 2.75) is 32.8 Å². The molecular formula is C12H16F3NO2. The first-order valence-electron chi connectivity index (χ1n) is 5.48. The number of alkyl halides is 3. The van der Waals surface area contributed by atoms with Gasteiger partial charge in [0.05, 0.1) is 7.11 Å². The van der Waals surface area contributed by atoms with E-state index in [-0.39, 0.29) is 11.8 Å². The highest BCUT2D eigenvalue weighted by Gasteiger charge is 2.31. The van der Waals surface area contributed by atoms with Crippen molar-refractivity contribution < 1.29 is 22.6 Å². The minimum absolute atomic E-state index is 0.224. The first kappa shape index (κ1) is 14.6. The second-order valence-corrected chi connectivity index (χ2v) is 4.06. The molecule has 0 radical (unpaired) electrons. The van der Waals surface area contributed by atoms with Crippen LogP contribution in [-0.2, 0) is 6.54 Å². The van der Waals surface area contributed by atoms with E-state index in [9.17, 15) is 13.2 Å². The third-order valence-corrected chi connectivity index (χ3v) is 2.19. The molecule has 1 N–H and O–H groups in total. The van der Waals surface area contributed by atoms with E-state index < -0.39 is 6.36 Å². The van der Waals surface area contributed by atoms with Gasteiger partial charge in [0.15, 0.2) is 0 Å². The van der Waals surface area contributed by atoms with Crippen molar-refractivity contribution in [3.63, 3.8) is 0 Å². The molecule has 0 saturated carbocycles. The number of methoxy groups -OCH3 is 1. The Morgan fingerprint density at radius 2 is 1.94 bits per heavy atom. The minimum Gasteiger partial charge on any atom is -0.496 e. The fourth-order valence-corrected chi connectivity index (χ4v) is 1.40. The van der Waals surface area contributed by atoms with Crippen LogP contribution in [0.1, 0.15) is 19.4 Å². The number of ether oxygens (including phenoxy) is 2. The van der Waals surface area contributed by atoms with E-state index in [0.717, 1.165) is 0 Å². The fraction of sp³-hybridized carbons (Fsp3) is 0.500. The fourth-order valence-electron chi connectivity index (χ4n) is 1.40. The van der Waals surface area contributed by atoms with Crippen LogP contribution < -0.4 is 14.8 Å². The van der Waals surface area contributed by atoms with Crippen LogP contribution in [-0.4, -0.2) is 19.5 Å². The van der Waals surface area contributed by atoms with Gasteiger partial charge in [0, 0.05) is 18.2 Å². The lowest BCUT2D eigenvalue weighted by Crippen LogP contribution is -2.22. The topological polar surface area (TPSA) is 30.5 Å². The standard InChI is InChI=1S/C12H16F3NO2/c1-8(2)16-7-9-6-10(18-12(13,14)15)4-5-11(9)17-3/h4-6,8,16H,7H2,1-3H3. The van der Waals surface area contributed by atoms with Crippen LogP contribution in [0.2, 0.25) is 0 Å². The molecule has 0 amide bonds. The Morgan fingerprint density at radius 3 is 2.44 bits per heavy atom. The lowest BCUT2D eigenvalue weighted by Gasteiger charge is -2.14. The molecule has 18 heavy (non-hydrogen) atoms. The highest BCUT2D eigenvalue weighted by atomic mass is 19.4. The average Bonchev–Trinajstić information content (AvgIpc) is 2.24. The number of hydrogen-bond donors (Lipinski definition) is 1. The summed E-state index contributed by atoms with van der Waals surface area (Å²) in [5.74, 6) is 0.279. The van der Waals surface area contributed by atoms with E-state index in [4.69, 9.17) is 4.74 Å². The van der Waals surface area contributed by atoms with E-state index in [1.54, 1.807) is 0 Å². The summed E-state index contributed by atoms with van der Waals surface area (Å²) in [6.07, 6.45) is -4.68. The molecule has 0 bridgehead atoms. The Kier molecular flexibility index (Phi) is 4.84. The SMILES string of the molecule is COc1ccc(OC(F)(F)F)cc1CNC(C)C. The van der Waals surface area contributed by atoms with E-state index in [1.807, 2.05) is 13.8 Å². The van der Waals surface area contributed by atoms with Crippen molar-refractivity contribution in [1.29, 1.82) is 0 Å². The molecule has 0 spiro atoms. The van der Waals surface area contributed by atoms with Gasteiger partial charge < -0.3 is 14.8 Å². The van der Waals surface area contributed by atoms with Crippen molar-refractivity contribution in [2.75, 3.05) is 7.11 Å². The van der Waals surface area contributed by atoms with Crippen LogP contribution in [0.15, 0.2) is 18.2 Å². The Bertz CT molecular complexity index is 391. The first-order valence-corrected chi connectivity index (χ1v) is 5.48. The summed E-state index contributed by atoms with van der Waals surface area (Å²) in [7, 11) is 1.47. The quantitative estimate of drug-likeness (QED) is 0.885.